The van der Waals surface area contributed by atoms with Gasteiger partial charge in [0.2, 0.25) is 0 Å². The highest BCUT2D eigenvalue weighted by atomic mass is 19.1. The summed E-state index contributed by atoms with van der Waals surface area (Å²) in [4.78, 5) is 29.7. The summed E-state index contributed by atoms with van der Waals surface area (Å²) in [6, 6.07) is 16.3. The van der Waals surface area contributed by atoms with Crippen molar-refractivity contribution in [1.29, 1.82) is 0 Å². The molecule has 4 aromatic rings. The monoisotopic (exact) mass is 553 g/mol. The van der Waals surface area contributed by atoms with Crippen LogP contribution in [0.1, 0.15) is 65.2 Å². The fourth-order valence-corrected chi connectivity index (χ4v) is 6.23. The van der Waals surface area contributed by atoms with Crippen molar-refractivity contribution in [3.05, 3.63) is 88.9 Å². The van der Waals surface area contributed by atoms with Crippen molar-refractivity contribution < 1.29 is 19.1 Å². The van der Waals surface area contributed by atoms with Gasteiger partial charge in [-0.15, -0.1) is 0 Å². The number of rotatable bonds is 4. The van der Waals surface area contributed by atoms with Crippen LogP contribution in [-0.4, -0.2) is 62.4 Å². The number of nitrogens with zero attached hydrogens (tertiary/aromatic N) is 4. The molecule has 1 aromatic heterocycles. The van der Waals surface area contributed by atoms with Gasteiger partial charge in [-0.3, -0.25) is 4.79 Å². The summed E-state index contributed by atoms with van der Waals surface area (Å²) < 4.78 is 16.8. The Labute approximate surface area is 237 Å². The van der Waals surface area contributed by atoms with E-state index in [0.29, 0.717) is 36.7 Å². The lowest BCUT2D eigenvalue weighted by atomic mass is 9.92. The van der Waals surface area contributed by atoms with E-state index in [2.05, 4.69) is 24.4 Å². The fraction of sp³-hybridized carbons (Fsp3) is 0.344. The summed E-state index contributed by atoms with van der Waals surface area (Å²) in [6.07, 6.45) is 4.71. The minimum Gasteiger partial charge on any atom is -0.391 e. The molecule has 1 aliphatic carbocycles. The number of hydrogen-bond donors (Lipinski definition) is 2. The Kier molecular flexibility index (Phi) is 6.27. The van der Waals surface area contributed by atoms with Crippen molar-refractivity contribution in [2.24, 2.45) is 0 Å². The Hall–Kier alpha value is -4.24. The van der Waals surface area contributed by atoms with Crippen LogP contribution in [0, 0.1) is 5.82 Å². The van der Waals surface area contributed by atoms with E-state index in [4.69, 9.17) is 5.10 Å². The predicted octanol–water partition coefficient (Wildman–Crippen LogP) is 5.40. The molecule has 2 fully saturated rings. The highest BCUT2D eigenvalue weighted by Gasteiger charge is 2.32. The molecule has 0 spiro atoms. The Morgan fingerprint density at radius 2 is 1.85 bits per heavy atom. The molecule has 3 amide bonds. The van der Waals surface area contributed by atoms with Crippen LogP contribution in [0.25, 0.3) is 16.6 Å². The maximum Gasteiger partial charge on any atom is 0.321 e. The van der Waals surface area contributed by atoms with Gasteiger partial charge in [-0.05, 0) is 85.5 Å². The van der Waals surface area contributed by atoms with Crippen LogP contribution in [0.15, 0.2) is 60.8 Å². The molecule has 1 saturated heterocycles. The number of carbonyl (C=O) groups excluding carboxylic acids is 2. The first-order chi connectivity index (χ1) is 19.9. The molecule has 3 aromatic carbocycles. The molecule has 0 radical (unpaired) electrons. The molecule has 3 aliphatic rings. The van der Waals surface area contributed by atoms with Crippen molar-refractivity contribution in [1.82, 2.24) is 19.6 Å². The Balaban J connectivity index is 1.17. The molecule has 7 rings (SSSR count). The molecule has 2 aliphatic heterocycles. The van der Waals surface area contributed by atoms with Gasteiger partial charge in [-0.2, -0.15) is 5.10 Å². The first-order valence-electron chi connectivity index (χ1n) is 14.3. The Morgan fingerprint density at radius 1 is 1.02 bits per heavy atom. The molecule has 2 atom stereocenters. The quantitative estimate of drug-likeness (QED) is 0.354. The average Bonchev–Trinajstić information content (AvgIpc) is 3.58. The highest BCUT2D eigenvalue weighted by molar-refractivity contribution is 5.99. The lowest BCUT2D eigenvalue weighted by Crippen LogP contribution is -2.38. The zero-order valence-corrected chi connectivity index (χ0v) is 22.9. The lowest BCUT2D eigenvalue weighted by molar-refractivity contribution is 0.0677. The molecule has 8 nitrogen and oxygen atoms in total. The van der Waals surface area contributed by atoms with Crippen LogP contribution in [0.5, 0.6) is 0 Å². The van der Waals surface area contributed by atoms with Crippen molar-refractivity contribution in [3.8, 4) is 5.69 Å². The summed E-state index contributed by atoms with van der Waals surface area (Å²) >= 11 is 0. The number of hydrogen-bond acceptors (Lipinski definition) is 4. The zero-order valence-electron chi connectivity index (χ0n) is 22.9. The summed E-state index contributed by atoms with van der Waals surface area (Å²) in [7, 11) is 0. The smallest absolute Gasteiger partial charge is 0.321 e. The maximum atomic E-state index is 15.3. The molecule has 0 bridgehead atoms. The number of likely N-dealkylation sites (tertiary alicyclic amines) is 1. The van der Waals surface area contributed by atoms with Gasteiger partial charge in [0, 0.05) is 42.5 Å². The lowest BCUT2D eigenvalue weighted by Gasteiger charge is -2.35. The summed E-state index contributed by atoms with van der Waals surface area (Å²) in [5, 5.41) is 17.9. The third kappa shape index (κ3) is 4.74. The normalized spacial score (nSPS) is 20.4. The minimum atomic E-state index is -0.526. The minimum absolute atomic E-state index is 0.000323. The number of amides is 3. The van der Waals surface area contributed by atoms with Crippen LogP contribution < -0.4 is 5.32 Å². The number of anilines is 1. The first kappa shape index (κ1) is 25.7. The number of aliphatic hydroxyl groups is 1. The number of halogens is 1. The second kappa shape index (κ2) is 9.99. The van der Waals surface area contributed by atoms with Crippen molar-refractivity contribution in [2.75, 3.05) is 25.0 Å². The van der Waals surface area contributed by atoms with Crippen LogP contribution in [0.3, 0.4) is 0 Å². The number of aromatic nitrogens is 2. The molecule has 0 unspecified atom stereocenters. The van der Waals surface area contributed by atoms with Gasteiger partial charge in [-0.1, -0.05) is 24.3 Å². The van der Waals surface area contributed by atoms with Gasteiger partial charge < -0.3 is 20.2 Å². The molecule has 3 heterocycles. The third-order valence-corrected chi connectivity index (χ3v) is 8.65. The van der Waals surface area contributed by atoms with Crippen molar-refractivity contribution in [2.45, 2.75) is 50.7 Å². The summed E-state index contributed by atoms with van der Waals surface area (Å²) in [5.74, 6) is -0.179. The van der Waals surface area contributed by atoms with Gasteiger partial charge in [0.1, 0.15) is 5.69 Å². The van der Waals surface area contributed by atoms with Crippen LogP contribution in [0.2, 0.25) is 0 Å². The first-order valence-corrected chi connectivity index (χ1v) is 14.3. The summed E-state index contributed by atoms with van der Waals surface area (Å²) in [5.41, 5.74) is 5.52. The number of fused-ring (bicyclic) bond motifs is 2. The summed E-state index contributed by atoms with van der Waals surface area (Å²) in [6.45, 7) is 3.48. The number of carbonyl (C=O) groups is 2. The van der Waals surface area contributed by atoms with E-state index >= 15 is 4.39 Å². The van der Waals surface area contributed by atoms with E-state index in [1.807, 2.05) is 29.2 Å². The maximum absolute atomic E-state index is 15.3. The van der Waals surface area contributed by atoms with Gasteiger partial charge in [-0.25, -0.2) is 13.9 Å². The van der Waals surface area contributed by atoms with E-state index in [-0.39, 0.29) is 30.2 Å². The fourth-order valence-electron chi connectivity index (χ4n) is 6.23. The number of nitrogens with one attached hydrogen (secondary N) is 1. The van der Waals surface area contributed by atoms with Gasteiger partial charge in [0.05, 0.1) is 17.7 Å². The molecule has 9 heteroatoms. The predicted molar refractivity (Wildman–Crippen MR) is 154 cm³/mol. The van der Waals surface area contributed by atoms with Gasteiger partial charge in [0.15, 0.2) is 5.82 Å². The number of aliphatic hydroxyl groups excluding tert-OH is 1. The Bertz CT molecular complexity index is 1680. The Morgan fingerprint density at radius 3 is 2.61 bits per heavy atom. The van der Waals surface area contributed by atoms with E-state index in [9.17, 15) is 14.7 Å². The third-order valence-electron chi connectivity index (χ3n) is 8.65. The standard InChI is InChI=1S/C32H32FN5O3/c1-19-26-5-3-2-4-20(26)10-13-37(19)31(40)22-14-23-17-38(35-30(23)27(15-22)21-6-7-21)29-9-8-24(16-28(29)33)34-32(41)36-12-11-25(39)18-36/h2-5,8-9,14-17,19,21,25,39H,6-7,10-13,18H2,1H3,(H,34,41)/t19-,25+/m1/s1. The molecular weight excluding hydrogens is 521 g/mol. The van der Waals surface area contributed by atoms with Gasteiger partial charge >= 0.3 is 6.03 Å². The number of β-amino-alcohol motifs (C(OH)–C–C–N with tert-alkyl or cyclic N) is 1. The van der Waals surface area contributed by atoms with E-state index in [1.54, 1.807) is 18.3 Å². The van der Waals surface area contributed by atoms with Crippen molar-refractivity contribution >= 4 is 28.5 Å². The number of urea groups is 1. The molecule has 1 saturated carbocycles. The topological polar surface area (TPSA) is 90.7 Å². The van der Waals surface area contributed by atoms with E-state index in [0.717, 1.165) is 35.7 Å². The molecule has 2 N–H and O–H groups in total. The van der Waals surface area contributed by atoms with Crippen molar-refractivity contribution in [3.63, 3.8) is 0 Å². The number of benzene rings is 3. The SMILES string of the molecule is C[C@@H]1c2ccccc2CCN1C(=O)c1cc(C2CC2)c2nn(-c3ccc(NC(=O)N4CC[C@H](O)C4)cc3F)cc2c1. The molecule has 210 valence electrons. The van der Waals surface area contributed by atoms with Crippen LogP contribution in [-0.2, 0) is 6.42 Å². The average molecular weight is 554 g/mol. The molecular formula is C32H32FN5O3. The second-order valence-electron chi connectivity index (χ2n) is 11.5. The van der Waals surface area contributed by atoms with Gasteiger partial charge in [0.25, 0.3) is 5.91 Å². The van der Waals surface area contributed by atoms with Crippen LogP contribution >= 0.6 is 0 Å². The highest BCUT2D eigenvalue weighted by Crippen LogP contribution is 2.44. The molecule has 41 heavy (non-hydrogen) atoms. The zero-order chi connectivity index (χ0) is 28.2. The van der Waals surface area contributed by atoms with E-state index < -0.39 is 11.9 Å². The van der Waals surface area contributed by atoms with E-state index in [1.165, 1.54) is 26.8 Å². The second-order valence-corrected chi connectivity index (χ2v) is 11.5. The van der Waals surface area contributed by atoms with Crippen LogP contribution in [0.4, 0.5) is 14.9 Å². The largest absolute Gasteiger partial charge is 0.391 e.